The number of benzene rings is 2. The number of fused-ring (bicyclic) bond motifs is 4. The molecule has 0 spiro atoms. The number of hydrogen-bond acceptors (Lipinski definition) is 6. The Morgan fingerprint density at radius 2 is 1.86 bits per heavy atom. The Balaban J connectivity index is 1.74. The van der Waals surface area contributed by atoms with Crippen LogP contribution in [0.4, 0.5) is 0 Å². The average Bonchev–Trinajstić information content (AvgIpc) is 3.09. The molecular formula is C23H24O6. The van der Waals surface area contributed by atoms with E-state index < -0.39 is 24.2 Å². The Morgan fingerprint density at radius 1 is 1.10 bits per heavy atom. The molecule has 1 aromatic heterocycles. The highest BCUT2D eigenvalue weighted by molar-refractivity contribution is 6.19. The van der Waals surface area contributed by atoms with Crippen molar-refractivity contribution in [2.45, 2.75) is 38.4 Å². The highest BCUT2D eigenvalue weighted by Gasteiger charge is 2.41. The first kappa shape index (κ1) is 19.6. The number of aliphatic hydroxyl groups excluding tert-OH is 3. The van der Waals surface area contributed by atoms with Crippen molar-refractivity contribution in [1.82, 2.24) is 0 Å². The van der Waals surface area contributed by atoms with Gasteiger partial charge in [-0.05, 0) is 56.2 Å². The maximum absolute atomic E-state index is 13.3. The zero-order valence-electron chi connectivity index (χ0n) is 16.6. The van der Waals surface area contributed by atoms with Crippen LogP contribution in [0.5, 0.6) is 5.75 Å². The number of hydrogen-bond donors (Lipinski definition) is 3. The van der Waals surface area contributed by atoms with Crippen LogP contribution in [-0.4, -0.2) is 46.5 Å². The summed E-state index contributed by atoms with van der Waals surface area (Å²) in [4.78, 5) is 13.3. The van der Waals surface area contributed by atoms with Crippen molar-refractivity contribution in [2.75, 3.05) is 13.2 Å². The van der Waals surface area contributed by atoms with Crippen molar-refractivity contribution in [3.63, 3.8) is 0 Å². The third kappa shape index (κ3) is 3.13. The first-order valence-corrected chi connectivity index (χ1v) is 9.56. The lowest BCUT2D eigenvalue weighted by molar-refractivity contribution is -0.0339. The Labute approximate surface area is 168 Å². The molecule has 2 atom stereocenters. The highest BCUT2D eigenvalue weighted by atomic mass is 16.5. The van der Waals surface area contributed by atoms with Crippen LogP contribution in [0.2, 0.25) is 0 Å². The van der Waals surface area contributed by atoms with Gasteiger partial charge in [-0.25, -0.2) is 0 Å². The first-order valence-electron chi connectivity index (χ1n) is 9.56. The zero-order valence-corrected chi connectivity index (χ0v) is 16.6. The number of carbonyl (C=O) groups is 1. The largest absolute Gasteiger partial charge is 0.491 e. The minimum Gasteiger partial charge on any atom is -0.491 e. The van der Waals surface area contributed by atoms with Gasteiger partial charge >= 0.3 is 0 Å². The first-order chi connectivity index (χ1) is 13.7. The lowest BCUT2D eigenvalue weighted by Crippen LogP contribution is -2.34. The van der Waals surface area contributed by atoms with Gasteiger partial charge in [-0.1, -0.05) is 12.1 Å². The number of ether oxygens (including phenoxy) is 1. The SMILES string of the molecule is Cc1ccc2c3c(oc2c1)C(C)(C)c1cc(OCC(O)C(O)CO)ccc1C3=O. The normalized spacial score (nSPS) is 17.0. The van der Waals surface area contributed by atoms with Gasteiger partial charge in [0.15, 0.2) is 5.78 Å². The molecule has 0 bridgehead atoms. The Kier molecular flexibility index (Phi) is 4.73. The molecule has 1 aliphatic carbocycles. The number of aryl methyl sites for hydroxylation is 1. The zero-order chi connectivity index (χ0) is 20.9. The van der Waals surface area contributed by atoms with Crippen molar-refractivity contribution in [1.29, 1.82) is 0 Å². The van der Waals surface area contributed by atoms with Crippen LogP contribution < -0.4 is 4.74 Å². The molecule has 1 aliphatic rings. The third-order valence-electron chi connectivity index (χ3n) is 5.60. The van der Waals surface area contributed by atoms with E-state index in [4.69, 9.17) is 14.3 Å². The minimum absolute atomic E-state index is 0.0841. The van der Waals surface area contributed by atoms with Gasteiger partial charge in [0.1, 0.15) is 35.9 Å². The summed E-state index contributed by atoms with van der Waals surface area (Å²) in [5, 5.41) is 29.0. The van der Waals surface area contributed by atoms with Crippen molar-refractivity contribution in [3.05, 3.63) is 64.4 Å². The summed E-state index contributed by atoms with van der Waals surface area (Å²) in [6, 6.07) is 11.0. The van der Waals surface area contributed by atoms with Crippen LogP contribution in [0.3, 0.4) is 0 Å². The van der Waals surface area contributed by atoms with E-state index in [-0.39, 0.29) is 12.4 Å². The van der Waals surface area contributed by atoms with Crippen LogP contribution in [0.1, 0.15) is 46.7 Å². The maximum Gasteiger partial charge on any atom is 0.197 e. The molecule has 0 saturated carbocycles. The summed E-state index contributed by atoms with van der Waals surface area (Å²) in [5.41, 5.74) is 3.17. The molecular weight excluding hydrogens is 372 g/mol. The fourth-order valence-electron chi connectivity index (χ4n) is 3.87. The second kappa shape index (κ2) is 6.99. The van der Waals surface area contributed by atoms with E-state index in [1.807, 2.05) is 39.0 Å². The van der Waals surface area contributed by atoms with Crippen LogP contribution in [0, 0.1) is 6.92 Å². The van der Waals surface area contributed by atoms with E-state index in [2.05, 4.69) is 0 Å². The van der Waals surface area contributed by atoms with Crippen molar-refractivity contribution in [2.24, 2.45) is 0 Å². The van der Waals surface area contributed by atoms with Crippen molar-refractivity contribution < 1.29 is 29.3 Å². The summed E-state index contributed by atoms with van der Waals surface area (Å²) in [5.74, 6) is 1.01. The van der Waals surface area contributed by atoms with E-state index in [0.29, 0.717) is 28.2 Å². The van der Waals surface area contributed by atoms with Gasteiger partial charge in [0.25, 0.3) is 0 Å². The van der Waals surface area contributed by atoms with E-state index in [1.54, 1.807) is 18.2 Å². The fourth-order valence-corrected chi connectivity index (χ4v) is 3.87. The third-order valence-corrected chi connectivity index (χ3v) is 5.60. The molecule has 6 nitrogen and oxygen atoms in total. The topological polar surface area (TPSA) is 100 Å². The van der Waals surface area contributed by atoms with Gasteiger partial charge in [0.05, 0.1) is 12.2 Å². The van der Waals surface area contributed by atoms with Gasteiger partial charge in [0, 0.05) is 16.4 Å². The summed E-state index contributed by atoms with van der Waals surface area (Å²) in [6.07, 6.45) is -2.48. The van der Waals surface area contributed by atoms with Gasteiger partial charge in [-0.2, -0.15) is 0 Å². The molecule has 152 valence electrons. The molecule has 29 heavy (non-hydrogen) atoms. The minimum atomic E-state index is -1.27. The van der Waals surface area contributed by atoms with Crippen LogP contribution >= 0.6 is 0 Å². The Bertz CT molecular complexity index is 1090. The smallest absolute Gasteiger partial charge is 0.197 e. The number of ketones is 1. The molecule has 0 saturated heterocycles. The van der Waals surface area contributed by atoms with Gasteiger partial charge in [-0.3, -0.25) is 4.79 Å². The van der Waals surface area contributed by atoms with E-state index in [9.17, 15) is 15.0 Å². The summed E-state index contributed by atoms with van der Waals surface area (Å²) in [7, 11) is 0. The van der Waals surface area contributed by atoms with Gasteiger partial charge in [0.2, 0.25) is 0 Å². The Morgan fingerprint density at radius 3 is 2.59 bits per heavy atom. The molecule has 0 radical (unpaired) electrons. The van der Waals surface area contributed by atoms with E-state index in [1.165, 1.54) is 0 Å². The van der Waals surface area contributed by atoms with Crippen LogP contribution in [0.25, 0.3) is 11.0 Å². The van der Waals surface area contributed by atoms with E-state index >= 15 is 0 Å². The quantitative estimate of drug-likeness (QED) is 0.613. The molecule has 2 aromatic carbocycles. The molecule has 4 rings (SSSR count). The Hall–Kier alpha value is -2.67. The lowest BCUT2D eigenvalue weighted by atomic mass is 9.71. The highest BCUT2D eigenvalue weighted by Crippen LogP contribution is 2.46. The predicted molar refractivity (Wildman–Crippen MR) is 108 cm³/mol. The molecule has 1 heterocycles. The number of aliphatic hydroxyl groups is 3. The number of furan rings is 1. The summed E-state index contributed by atoms with van der Waals surface area (Å²) >= 11 is 0. The van der Waals surface area contributed by atoms with Gasteiger partial charge in [-0.15, -0.1) is 0 Å². The molecule has 3 aromatic rings. The van der Waals surface area contributed by atoms with E-state index in [0.717, 1.165) is 16.5 Å². The fraction of sp³-hybridized carbons (Fsp3) is 0.348. The second-order valence-electron chi connectivity index (χ2n) is 8.10. The maximum atomic E-state index is 13.3. The lowest BCUT2D eigenvalue weighted by Gasteiger charge is -2.31. The van der Waals surface area contributed by atoms with Crippen molar-refractivity contribution >= 4 is 16.8 Å². The van der Waals surface area contributed by atoms with Gasteiger partial charge < -0.3 is 24.5 Å². The summed E-state index contributed by atoms with van der Waals surface area (Å²) in [6.45, 7) is 5.25. The standard InChI is InChI=1S/C23H24O6/c1-12-4-6-15-19(8-12)29-22-20(15)21(27)14-7-5-13(9-16(14)23(22,2)3)28-11-18(26)17(25)10-24/h4-9,17-18,24-26H,10-11H2,1-3H3. The predicted octanol–water partition coefficient (Wildman–Crippen LogP) is 2.70. The monoisotopic (exact) mass is 396 g/mol. The molecule has 6 heteroatoms. The number of carbonyl (C=O) groups excluding carboxylic acids is 1. The molecule has 3 N–H and O–H groups in total. The van der Waals surface area contributed by atoms with Crippen molar-refractivity contribution in [3.8, 4) is 5.75 Å². The molecule has 0 fully saturated rings. The summed E-state index contributed by atoms with van der Waals surface area (Å²) < 4.78 is 11.7. The molecule has 0 amide bonds. The second-order valence-corrected chi connectivity index (χ2v) is 8.10. The molecule has 2 unspecified atom stereocenters. The van der Waals surface area contributed by atoms with Crippen LogP contribution in [-0.2, 0) is 5.41 Å². The average molecular weight is 396 g/mol. The molecule has 0 aliphatic heterocycles. The van der Waals surface area contributed by atoms with Crippen LogP contribution in [0.15, 0.2) is 40.8 Å². The number of rotatable bonds is 5.